The molecule has 6 heteroatoms. The van der Waals surface area contributed by atoms with Gasteiger partial charge >= 0.3 is 0 Å². The number of benzene rings is 1. The van der Waals surface area contributed by atoms with Gasteiger partial charge in [0.15, 0.2) is 12.2 Å². The highest BCUT2D eigenvalue weighted by Crippen LogP contribution is 2.29. The number of amides is 1. The standard InChI is InChI=1S/C21H21N3O3/c25-20(18-7-2-1-6-17(18)19-14-22-15-27-19)24-11-8-21(26,9-12-24)13-16-5-3-4-10-23-16/h1-7,10,14-15,26H,8-9,11-13H2. The van der Waals surface area contributed by atoms with Gasteiger partial charge in [0, 0.05) is 37.0 Å². The van der Waals surface area contributed by atoms with Crippen LogP contribution in [0.15, 0.2) is 65.7 Å². The molecule has 1 aromatic carbocycles. The maximum absolute atomic E-state index is 13.1. The van der Waals surface area contributed by atoms with Crippen LogP contribution in [0.25, 0.3) is 11.3 Å². The van der Waals surface area contributed by atoms with Gasteiger partial charge in [-0.05, 0) is 31.0 Å². The lowest BCUT2D eigenvalue weighted by atomic mass is 9.86. The van der Waals surface area contributed by atoms with E-state index in [1.807, 2.05) is 36.4 Å². The smallest absolute Gasteiger partial charge is 0.254 e. The van der Waals surface area contributed by atoms with E-state index in [4.69, 9.17) is 4.42 Å². The largest absolute Gasteiger partial charge is 0.443 e. The summed E-state index contributed by atoms with van der Waals surface area (Å²) in [4.78, 5) is 23.1. The molecule has 3 aromatic rings. The molecule has 2 aromatic heterocycles. The van der Waals surface area contributed by atoms with Crippen LogP contribution in [-0.4, -0.2) is 44.6 Å². The number of aromatic nitrogens is 2. The van der Waals surface area contributed by atoms with E-state index in [2.05, 4.69) is 9.97 Å². The number of carbonyl (C=O) groups excluding carboxylic acids is 1. The zero-order valence-electron chi connectivity index (χ0n) is 14.9. The van der Waals surface area contributed by atoms with Crippen molar-refractivity contribution in [1.82, 2.24) is 14.9 Å². The Morgan fingerprint density at radius 2 is 1.93 bits per heavy atom. The van der Waals surface area contributed by atoms with Crippen molar-refractivity contribution in [3.63, 3.8) is 0 Å². The minimum absolute atomic E-state index is 0.0538. The summed E-state index contributed by atoms with van der Waals surface area (Å²) in [6, 6.07) is 13.1. The van der Waals surface area contributed by atoms with Gasteiger partial charge in [0.05, 0.1) is 17.4 Å². The number of hydrogen-bond acceptors (Lipinski definition) is 5. The highest BCUT2D eigenvalue weighted by atomic mass is 16.3. The molecule has 6 nitrogen and oxygen atoms in total. The molecule has 1 aliphatic rings. The molecular weight excluding hydrogens is 342 g/mol. The first-order valence-corrected chi connectivity index (χ1v) is 9.04. The Hall–Kier alpha value is -2.99. The first-order valence-electron chi connectivity index (χ1n) is 9.04. The highest BCUT2D eigenvalue weighted by Gasteiger charge is 2.35. The van der Waals surface area contributed by atoms with E-state index in [1.54, 1.807) is 23.4 Å². The Morgan fingerprint density at radius 1 is 1.15 bits per heavy atom. The summed E-state index contributed by atoms with van der Waals surface area (Å²) in [6.45, 7) is 1.01. The average Bonchev–Trinajstić information content (AvgIpc) is 3.23. The fraction of sp³-hybridized carbons (Fsp3) is 0.286. The van der Waals surface area contributed by atoms with Crippen molar-refractivity contribution in [1.29, 1.82) is 0 Å². The van der Waals surface area contributed by atoms with Crippen LogP contribution >= 0.6 is 0 Å². The van der Waals surface area contributed by atoms with Crippen LogP contribution < -0.4 is 0 Å². The molecule has 27 heavy (non-hydrogen) atoms. The molecule has 4 rings (SSSR count). The summed E-state index contributed by atoms with van der Waals surface area (Å²) in [5.74, 6) is 0.518. The maximum Gasteiger partial charge on any atom is 0.254 e. The van der Waals surface area contributed by atoms with E-state index in [1.165, 1.54) is 6.39 Å². The Kier molecular flexibility index (Phi) is 4.73. The predicted molar refractivity (Wildman–Crippen MR) is 100.0 cm³/mol. The van der Waals surface area contributed by atoms with E-state index in [-0.39, 0.29) is 5.91 Å². The lowest BCUT2D eigenvalue weighted by Gasteiger charge is -2.38. The molecule has 0 radical (unpaired) electrons. The number of piperidine rings is 1. The third kappa shape index (κ3) is 3.75. The predicted octanol–water partition coefficient (Wildman–Crippen LogP) is 2.95. The summed E-state index contributed by atoms with van der Waals surface area (Å²) in [7, 11) is 0. The van der Waals surface area contributed by atoms with Crippen LogP contribution in [0.5, 0.6) is 0 Å². The number of oxazole rings is 1. The topological polar surface area (TPSA) is 79.5 Å². The molecule has 0 saturated carbocycles. The zero-order chi connectivity index (χ0) is 18.7. The molecule has 1 aliphatic heterocycles. The number of rotatable bonds is 4. The van der Waals surface area contributed by atoms with Crippen LogP contribution in [0.4, 0.5) is 0 Å². The molecule has 0 bridgehead atoms. The van der Waals surface area contributed by atoms with E-state index in [0.717, 1.165) is 11.3 Å². The van der Waals surface area contributed by atoms with Crippen LogP contribution in [0.1, 0.15) is 28.9 Å². The quantitative estimate of drug-likeness (QED) is 0.771. The average molecular weight is 363 g/mol. The molecule has 1 N–H and O–H groups in total. The number of hydrogen-bond donors (Lipinski definition) is 1. The molecular formula is C21H21N3O3. The van der Waals surface area contributed by atoms with E-state index >= 15 is 0 Å². The number of carbonyl (C=O) groups is 1. The number of pyridine rings is 1. The third-order valence-corrected chi connectivity index (χ3v) is 5.07. The minimum atomic E-state index is -0.824. The Balaban J connectivity index is 1.47. The van der Waals surface area contributed by atoms with Gasteiger partial charge in [-0.15, -0.1) is 0 Å². The molecule has 3 heterocycles. The summed E-state index contributed by atoms with van der Waals surface area (Å²) in [5, 5.41) is 10.9. The van der Waals surface area contributed by atoms with Crippen molar-refractivity contribution in [2.45, 2.75) is 24.9 Å². The van der Waals surface area contributed by atoms with Crippen LogP contribution in [0.2, 0.25) is 0 Å². The van der Waals surface area contributed by atoms with E-state index in [9.17, 15) is 9.90 Å². The van der Waals surface area contributed by atoms with Crippen LogP contribution in [-0.2, 0) is 6.42 Å². The normalized spacial score (nSPS) is 16.3. The molecule has 138 valence electrons. The van der Waals surface area contributed by atoms with Gasteiger partial charge in [-0.3, -0.25) is 9.78 Å². The number of likely N-dealkylation sites (tertiary alicyclic amines) is 1. The van der Waals surface area contributed by atoms with Crippen molar-refractivity contribution in [2.75, 3.05) is 13.1 Å². The Bertz CT molecular complexity index is 901. The Morgan fingerprint density at radius 3 is 2.63 bits per heavy atom. The molecule has 0 atom stereocenters. The summed E-state index contributed by atoms with van der Waals surface area (Å²) >= 11 is 0. The van der Waals surface area contributed by atoms with Crippen molar-refractivity contribution < 1.29 is 14.3 Å². The number of nitrogens with zero attached hydrogens (tertiary/aromatic N) is 3. The van der Waals surface area contributed by atoms with Crippen molar-refractivity contribution in [3.05, 3.63) is 72.5 Å². The van der Waals surface area contributed by atoms with Gasteiger partial charge in [0.1, 0.15) is 0 Å². The molecule has 1 fully saturated rings. The van der Waals surface area contributed by atoms with Crippen LogP contribution in [0, 0.1) is 0 Å². The van der Waals surface area contributed by atoms with Gasteiger partial charge in [-0.2, -0.15) is 0 Å². The molecule has 0 spiro atoms. The van der Waals surface area contributed by atoms with Gasteiger partial charge in [-0.1, -0.05) is 24.3 Å². The summed E-state index contributed by atoms with van der Waals surface area (Å²) < 4.78 is 5.37. The van der Waals surface area contributed by atoms with Gasteiger partial charge in [-0.25, -0.2) is 4.98 Å². The highest BCUT2D eigenvalue weighted by molar-refractivity contribution is 6.00. The fourth-order valence-corrected chi connectivity index (χ4v) is 3.55. The molecule has 1 saturated heterocycles. The monoisotopic (exact) mass is 363 g/mol. The minimum Gasteiger partial charge on any atom is -0.443 e. The van der Waals surface area contributed by atoms with Crippen molar-refractivity contribution in [3.8, 4) is 11.3 Å². The van der Waals surface area contributed by atoms with Crippen molar-refractivity contribution in [2.24, 2.45) is 0 Å². The lowest BCUT2D eigenvalue weighted by molar-refractivity contribution is -0.0168. The maximum atomic E-state index is 13.1. The summed E-state index contributed by atoms with van der Waals surface area (Å²) in [6.07, 6.45) is 6.25. The second-order valence-corrected chi connectivity index (χ2v) is 6.93. The van der Waals surface area contributed by atoms with Gasteiger partial charge in [0.25, 0.3) is 5.91 Å². The Labute approximate surface area is 157 Å². The zero-order valence-corrected chi connectivity index (χ0v) is 14.9. The van der Waals surface area contributed by atoms with Crippen molar-refractivity contribution >= 4 is 5.91 Å². The number of aliphatic hydroxyl groups is 1. The molecule has 0 aliphatic carbocycles. The van der Waals surface area contributed by atoms with Crippen LogP contribution in [0.3, 0.4) is 0 Å². The SMILES string of the molecule is O=C(c1ccccc1-c1cnco1)N1CCC(O)(Cc2ccccn2)CC1. The van der Waals surface area contributed by atoms with Gasteiger partial charge < -0.3 is 14.4 Å². The second kappa shape index (κ2) is 7.32. The lowest BCUT2D eigenvalue weighted by Crippen LogP contribution is -2.48. The summed E-state index contributed by atoms with van der Waals surface area (Å²) in [5.41, 5.74) is 1.37. The second-order valence-electron chi connectivity index (χ2n) is 6.93. The molecule has 0 unspecified atom stereocenters. The third-order valence-electron chi connectivity index (χ3n) is 5.07. The fourth-order valence-electron chi connectivity index (χ4n) is 3.55. The first kappa shape index (κ1) is 17.4. The molecule has 1 amide bonds. The first-order chi connectivity index (χ1) is 13.1. The van der Waals surface area contributed by atoms with E-state index < -0.39 is 5.60 Å². The van der Waals surface area contributed by atoms with E-state index in [0.29, 0.717) is 43.7 Å². The van der Waals surface area contributed by atoms with Gasteiger partial charge in [0.2, 0.25) is 0 Å².